The van der Waals surface area contributed by atoms with E-state index in [1.54, 1.807) is 6.07 Å². The molecule has 1 fully saturated rings. The molecule has 1 saturated carbocycles. The molecule has 0 aromatic heterocycles. The molecule has 0 amide bonds. The SMILES string of the molecule is NC1CCC1c1ccccc1O. The summed E-state index contributed by atoms with van der Waals surface area (Å²) >= 11 is 0. The Morgan fingerprint density at radius 3 is 2.50 bits per heavy atom. The van der Waals surface area contributed by atoms with E-state index in [2.05, 4.69) is 0 Å². The maximum atomic E-state index is 9.51. The van der Waals surface area contributed by atoms with Gasteiger partial charge in [-0.05, 0) is 24.5 Å². The molecular formula is C10H13NO. The highest BCUT2D eigenvalue weighted by Crippen LogP contribution is 2.39. The Bertz CT molecular complexity index is 285. The van der Waals surface area contributed by atoms with Gasteiger partial charge in [0.05, 0.1) is 0 Å². The zero-order valence-electron chi connectivity index (χ0n) is 6.90. The maximum absolute atomic E-state index is 9.51. The van der Waals surface area contributed by atoms with Crippen LogP contribution in [0.4, 0.5) is 0 Å². The van der Waals surface area contributed by atoms with E-state index in [0.29, 0.717) is 11.7 Å². The zero-order valence-corrected chi connectivity index (χ0v) is 6.90. The highest BCUT2D eigenvalue weighted by molar-refractivity contribution is 5.37. The molecule has 2 atom stereocenters. The standard InChI is InChI=1S/C10H13NO/c11-9-6-5-7(9)8-3-1-2-4-10(8)12/h1-4,7,9,12H,5-6,11H2. The van der Waals surface area contributed by atoms with Crippen LogP contribution in [-0.4, -0.2) is 11.1 Å². The van der Waals surface area contributed by atoms with E-state index in [1.807, 2.05) is 18.2 Å². The van der Waals surface area contributed by atoms with Crippen molar-refractivity contribution in [3.63, 3.8) is 0 Å². The second kappa shape index (κ2) is 2.79. The summed E-state index contributed by atoms with van der Waals surface area (Å²) < 4.78 is 0. The third-order valence-electron chi connectivity index (χ3n) is 2.66. The summed E-state index contributed by atoms with van der Waals surface area (Å²) in [5.41, 5.74) is 6.82. The summed E-state index contributed by atoms with van der Waals surface area (Å²) in [4.78, 5) is 0. The van der Waals surface area contributed by atoms with Gasteiger partial charge in [0, 0.05) is 12.0 Å². The Morgan fingerprint density at radius 2 is 2.00 bits per heavy atom. The molecule has 1 aliphatic carbocycles. The van der Waals surface area contributed by atoms with Crippen LogP contribution in [0, 0.1) is 0 Å². The normalized spacial score (nSPS) is 28.1. The van der Waals surface area contributed by atoms with Gasteiger partial charge in [-0.15, -0.1) is 0 Å². The van der Waals surface area contributed by atoms with E-state index < -0.39 is 0 Å². The second-order valence-electron chi connectivity index (χ2n) is 3.41. The Balaban J connectivity index is 2.27. The lowest BCUT2D eigenvalue weighted by molar-refractivity contribution is 0.334. The molecule has 0 aliphatic heterocycles. The summed E-state index contributed by atoms with van der Waals surface area (Å²) in [6.45, 7) is 0. The van der Waals surface area contributed by atoms with Gasteiger partial charge in [-0.3, -0.25) is 0 Å². The van der Waals surface area contributed by atoms with Crippen LogP contribution in [0.15, 0.2) is 24.3 Å². The molecule has 0 saturated heterocycles. The summed E-state index contributed by atoms with van der Waals surface area (Å²) in [6, 6.07) is 7.71. The van der Waals surface area contributed by atoms with E-state index in [-0.39, 0.29) is 6.04 Å². The van der Waals surface area contributed by atoms with Crippen LogP contribution < -0.4 is 5.73 Å². The number of rotatable bonds is 1. The largest absolute Gasteiger partial charge is 0.508 e. The van der Waals surface area contributed by atoms with Crippen LogP contribution in [0.25, 0.3) is 0 Å². The summed E-state index contributed by atoms with van der Waals surface area (Å²) in [5.74, 6) is 0.767. The maximum Gasteiger partial charge on any atom is 0.119 e. The van der Waals surface area contributed by atoms with Crippen molar-refractivity contribution < 1.29 is 5.11 Å². The first-order valence-electron chi connectivity index (χ1n) is 4.32. The number of para-hydroxylation sites is 1. The van der Waals surface area contributed by atoms with Gasteiger partial charge in [-0.2, -0.15) is 0 Å². The molecule has 1 aromatic carbocycles. The van der Waals surface area contributed by atoms with E-state index in [9.17, 15) is 5.11 Å². The van der Waals surface area contributed by atoms with Crippen LogP contribution in [0.1, 0.15) is 24.3 Å². The zero-order chi connectivity index (χ0) is 8.55. The van der Waals surface area contributed by atoms with Crippen molar-refractivity contribution in [2.75, 3.05) is 0 Å². The van der Waals surface area contributed by atoms with Crippen LogP contribution >= 0.6 is 0 Å². The van der Waals surface area contributed by atoms with Gasteiger partial charge in [0.25, 0.3) is 0 Å². The average molecular weight is 163 g/mol. The quantitative estimate of drug-likeness (QED) is 0.660. The Labute approximate surface area is 72.0 Å². The first kappa shape index (κ1) is 7.62. The lowest BCUT2D eigenvalue weighted by Gasteiger charge is -2.34. The molecule has 2 heteroatoms. The van der Waals surface area contributed by atoms with Crippen molar-refractivity contribution in [2.45, 2.75) is 24.8 Å². The predicted octanol–water partition coefficient (Wildman–Crippen LogP) is 1.60. The third-order valence-corrected chi connectivity index (χ3v) is 2.66. The summed E-state index contributed by atoms with van der Waals surface area (Å²) in [6.07, 6.45) is 2.19. The number of hydrogen-bond donors (Lipinski definition) is 2. The third kappa shape index (κ3) is 1.08. The van der Waals surface area contributed by atoms with Gasteiger partial charge in [0.1, 0.15) is 5.75 Å². The fourth-order valence-electron chi connectivity index (χ4n) is 1.71. The van der Waals surface area contributed by atoms with Crippen molar-refractivity contribution in [1.29, 1.82) is 0 Å². The molecule has 1 aromatic rings. The lowest BCUT2D eigenvalue weighted by atomic mass is 9.75. The summed E-state index contributed by atoms with van der Waals surface area (Å²) in [7, 11) is 0. The van der Waals surface area contributed by atoms with E-state index in [1.165, 1.54) is 0 Å². The van der Waals surface area contributed by atoms with Gasteiger partial charge in [0.15, 0.2) is 0 Å². The van der Waals surface area contributed by atoms with E-state index in [0.717, 1.165) is 18.4 Å². The molecule has 64 valence electrons. The fourth-order valence-corrected chi connectivity index (χ4v) is 1.71. The van der Waals surface area contributed by atoms with Crippen molar-refractivity contribution in [2.24, 2.45) is 5.73 Å². The van der Waals surface area contributed by atoms with Gasteiger partial charge in [-0.1, -0.05) is 18.2 Å². The molecule has 2 rings (SSSR count). The highest BCUT2D eigenvalue weighted by atomic mass is 16.3. The minimum atomic E-state index is 0.248. The molecule has 0 bridgehead atoms. The molecule has 2 nitrogen and oxygen atoms in total. The van der Waals surface area contributed by atoms with Gasteiger partial charge in [0.2, 0.25) is 0 Å². The number of nitrogens with two attached hydrogens (primary N) is 1. The monoisotopic (exact) mass is 163 g/mol. The Morgan fingerprint density at radius 1 is 1.25 bits per heavy atom. The van der Waals surface area contributed by atoms with E-state index in [4.69, 9.17) is 5.73 Å². The minimum Gasteiger partial charge on any atom is -0.508 e. The van der Waals surface area contributed by atoms with Gasteiger partial charge in [-0.25, -0.2) is 0 Å². The number of phenolic OH excluding ortho intramolecular Hbond substituents is 1. The van der Waals surface area contributed by atoms with Crippen LogP contribution in [-0.2, 0) is 0 Å². The first-order chi connectivity index (χ1) is 5.79. The van der Waals surface area contributed by atoms with Crippen molar-refractivity contribution in [3.8, 4) is 5.75 Å². The number of phenols is 1. The smallest absolute Gasteiger partial charge is 0.119 e. The number of aromatic hydroxyl groups is 1. The molecular weight excluding hydrogens is 150 g/mol. The molecule has 2 unspecified atom stereocenters. The molecule has 1 aliphatic rings. The molecule has 0 spiro atoms. The van der Waals surface area contributed by atoms with Crippen molar-refractivity contribution in [3.05, 3.63) is 29.8 Å². The molecule has 0 heterocycles. The molecule has 12 heavy (non-hydrogen) atoms. The predicted molar refractivity (Wildman–Crippen MR) is 48.1 cm³/mol. The fraction of sp³-hybridized carbons (Fsp3) is 0.400. The van der Waals surface area contributed by atoms with Crippen LogP contribution in [0.3, 0.4) is 0 Å². The average Bonchev–Trinajstić information content (AvgIpc) is 2.06. The summed E-state index contributed by atoms with van der Waals surface area (Å²) in [5, 5.41) is 9.51. The number of benzene rings is 1. The molecule has 3 N–H and O–H groups in total. The Hall–Kier alpha value is -1.02. The highest BCUT2D eigenvalue weighted by Gasteiger charge is 2.30. The minimum absolute atomic E-state index is 0.248. The Kier molecular flexibility index (Phi) is 1.77. The number of hydrogen-bond acceptors (Lipinski definition) is 2. The van der Waals surface area contributed by atoms with Crippen LogP contribution in [0.2, 0.25) is 0 Å². The second-order valence-corrected chi connectivity index (χ2v) is 3.41. The lowest BCUT2D eigenvalue weighted by Crippen LogP contribution is -2.37. The van der Waals surface area contributed by atoms with Gasteiger partial charge < -0.3 is 10.8 Å². The van der Waals surface area contributed by atoms with Gasteiger partial charge >= 0.3 is 0 Å². The van der Waals surface area contributed by atoms with Crippen molar-refractivity contribution >= 4 is 0 Å². The van der Waals surface area contributed by atoms with Crippen LogP contribution in [0.5, 0.6) is 5.75 Å². The van der Waals surface area contributed by atoms with E-state index >= 15 is 0 Å². The van der Waals surface area contributed by atoms with Crippen molar-refractivity contribution in [1.82, 2.24) is 0 Å². The first-order valence-corrected chi connectivity index (χ1v) is 4.32. The molecule has 0 radical (unpaired) electrons. The topological polar surface area (TPSA) is 46.2 Å².